The van der Waals surface area contributed by atoms with Crippen molar-refractivity contribution in [3.05, 3.63) is 54.1 Å². The highest BCUT2D eigenvalue weighted by molar-refractivity contribution is 6.04. The average molecular weight is 340 g/mol. The lowest BCUT2D eigenvalue weighted by molar-refractivity contribution is 0.0644. The quantitative estimate of drug-likeness (QED) is 0.924. The van der Waals surface area contributed by atoms with Gasteiger partial charge in [-0.05, 0) is 62.4 Å². The summed E-state index contributed by atoms with van der Waals surface area (Å²) in [6.45, 7) is 6.66. The van der Waals surface area contributed by atoms with Crippen LogP contribution in [0.3, 0.4) is 0 Å². The number of carbonyl (C=O) groups excluding carboxylic acids is 1. The van der Waals surface area contributed by atoms with E-state index < -0.39 is 0 Å². The molecule has 2 aromatic carbocycles. The molecule has 1 saturated heterocycles. The van der Waals surface area contributed by atoms with E-state index in [9.17, 15) is 4.79 Å². The molecule has 0 unspecified atom stereocenters. The van der Waals surface area contributed by atoms with Gasteiger partial charge in [-0.2, -0.15) is 0 Å². The van der Waals surface area contributed by atoms with Crippen LogP contribution in [0.15, 0.2) is 48.5 Å². The molecule has 1 aliphatic heterocycles. The molecule has 1 N–H and O–H groups in total. The molecule has 5 nitrogen and oxygen atoms in total. The maximum atomic E-state index is 12.3. The highest BCUT2D eigenvalue weighted by Gasteiger charge is 2.30. The summed E-state index contributed by atoms with van der Waals surface area (Å²) in [6.07, 6.45) is 0. The zero-order chi connectivity index (χ0) is 17.9. The smallest absolute Gasteiger partial charge is 0.255 e. The first-order valence-electron chi connectivity index (χ1n) is 8.40. The number of nitrogens with zero attached hydrogens (tertiary/aromatic N) is 1. The Kier molecular flexibility index (Phi) is 4.95. The van der Waals surface area contributed by atoms with E-state index >= 15 is 0 Å². The van der Waals surface area contributed by atoms with Crippen molar-refractivity contribution in [3.63, 3.8) is 0 Å². The van der Waals surface area contributed by atoms with E-state index in [1.54, 1.807) is 31.4 Å². The number of nitrogens with one attached hydrogen (secondary N) is 1. The van der Waals surface area contributed by atoms with Gasteiger partial charge in [-0.15, -0.1) is 0 Å². The van der Waals surface area contributed by atoms with Gasteiger partial charge in [0.05, 0.1) is 25.9 Å². The van der Waals surface area contributed by atoms with Crippen LogP contribution in [-0.2, 0) is 4.74 Å². The number of methoxy groups -OCH3 is 1. The van der Waals surface area contributed by atoms with Crippen LogP contribution in [0.25, 0.3) is 0 Å². The summed E-state index contributed by atoms with van der Waals surface area (Å²) in [4.78, 5) is 14.7. The molecule has 0 aromatic heterocycles. The van der Waals surface area contributed by atoms with Crippen LogP contribution >= 0.6 is 0 Å². The monoisotopic (exact) mass is 340 g/mol. The highest BCUT2D eigenvalue weighted by Crippen LogP contribution is 2.28. The Hall–Kier alpha value is -2.53. The molecule has 1 heterocycles. The number of anilines is 2. The fourth-order valence-corrected chi connectivity index (χ4v) is 3.01. The first-order chi connectivity index (χ1) is 12.0. The number of rotatable bonds is 4. The lowest BCUT2D eigenvalue weighted by Gasteiger charge is -2.43. The van der Waals surface area contributed by atoms with Crippen LogP contribution in [0.5, 0.6) is 5.75 Å². The number of hydrogen-bond acceptors (Lipinski definition) is 4. The Morgan fingerprint density at radius 1 is 1.12 bits per heavy atom. The van der Waals surface area contributed by atoms with Gasteiger partial charge in [-0.25, -0.2) is 0 Å². The van der Waals surface area contributed by atoms with Gasteiger partial charge < -0.3 is 19.7 Å². The second-order valence-electron chi connectivity index (χ2n) is 6.75. The maximum absolute atomic E-state index is 12.3. The van der Waals surface area contributed by atoms with Crippen LogP contribution < -0.4 is 15.0 Å². The van der Waals surface area contributed by atoms with Gasteiger partial charge in [0.1, 0.15) is 5.75 Å². The van der Waals surface area contributed by atoms with Gasteiger partial charge in [0.25, 0.3) is 5.91 Å². The first kappa shape index (κ1) is 17.3. The molecule has 2 aromatic rings. The Morgan fingerprint density at radius 3 is 2.40 bits per heavy atom. The van der Waals surface area contributed by atoms with Crippen molar-refractivity contribution in [1.29, 1.82) is 0 Å². The second-order valence-corrected chi connectivity index (χ2v) is 6.75. The van der Waals surface area contributed by atoms with Crippen molar-refractivity contribution in [2.24, 2.45) is 0 Å². The fraction of sp³-hybridized carbons (Fsp3) is 0.350. The second kappa shape index (κ2) is 7.15. The summed E-state index contributed by atoms with van der Waals surface area (Å²) in [5, 5.41) is 2.92. The lowest BCUT2D eigenvalue weighted by Crippen LogP contribution is -2.53. The number of hydrogen-bond donors (Lipinski definition) is 1. The third-order valence-electron chi connectivity index (χ3n) is 4.43. The van der Waals surface area contributed by atoms with Crippen molar-refractivity contribution in [2.75, 3.05) is 37.1 Å². The van der Waals surface area contributed by atoms with Gasteiger partial charge >= 0.3 is 0 Å². The van der Waals surface area contributed by atoms with Crippen LogP contribution in [0, 0.1) is 0 Å². The molecule has 0 saturated carbocycles. The maximum Gasteiger partial charge on any atom is 0.255 e. The molecule has 132 valence electrons. The van der Waals surface area contributed by atoms with Crippen LogP contribution in [0.4, 0.5) is 11.4 Å². The van der Waals surface area contributed by atoms with E-state index in [0.717, 1.165) is 30.3 Å². The van der Waals surface area contributed by atoms with Gasteiger partial charge in [0.15, 0.2) is 0 Å². The summed E-state index contributed by atoms with van der Waals surface area (Å²) < 4.78 is 10.7. The minimum Gasteiger partial charge on any atom is -0.497 e. The Bertz CT molecular complexity index is 724. The summed E-state index contributed by atoms with van der Waals surface area (Å²) in [5.74, 6) is 0.594. The Labute approximate surface area is 148 Å². The number of amides is 1. The van der Waals surface area contributed by atoms with Crippen molar-refractivity contribution >= 4 is 17.3 Å². The first-order valence-corrected chi connectivity index (χ1v) is 8.40. The molecule has 0 spiro atoms. The van der Waals surface area contributed by atoms with E-state index in [-0.39, 0.29) is 11.4 Å². The predicted octanol–water partition coefficient (Wildman–Crippen LogP) is 3.56. The SMILES string of the molecule is COc1ccc(C(=O)Nc2ccc(N3CCOCC3(C)C)cc2)cc1. The zero-order valence-electron chi connectivity index (χ0n) is 14.9. The molecular formula is C20H24N2O3. The zero-order valence-corrected chi connectivity index (χ0v) is 14.9. The van der Waals surface area contributed by atoms with Crippen LogP contribution in [-0.4, -0.2) is 38.3 Å². The van der Waals surface area contributed by atoms with E-state index in [2.05, 4.69) is 24.1 Å². The number of ether oxygens (including phenoxy) is 2. The third kappa shape index (κ3) is 3.94. The molecule has 3 rings (SSSR count). The van der Waals surface area contributed by atoms with Gasteiger partial charge in [0.2, 0.25) is 0 Å². The van der Waals surface area contributed by atoms with Crippen molar-refractivity contribution in [3.8, 4) is 5.75 Å². The molecule has 1 aliphatic rings. The lowest BCUT2D eigenvalue weighted by atomic mass is 10.0. The molecule has 0 aliphatic carbocycles. The van der Waals surface area contributed by atoms with Gasteiger partial charge in [-0.3, -0.25) is 4.79 Å². The summed E-state index contributed by atoms with van der Waals surface area (Å²) in [5.41, 5.74) is 2.47. The highest BCUT2D eigenvalue weighted by atomic mass is 16.5. The summed E-state index contributed by atoms with van der Waals surface area (Å²) in [7, 11) is 1.60. The molecule has 0 radical (unpaired) electrons. The fourth-order valence-electron chi connectivity index (χ4n) is 3.01. The molecule has 5 heteroatoms. The predicted molar refractivity (Wildman–Crippen MR) is 99.6 cm³/mol. The summed E-state index contributed by atoms with van der Waals surface area (Å²) in [6, 6.07) is 15.0. The Balaban J connectivity index is 1.68. The van der Waals surface area contributed by atoms with E-state index in [0.29, 0.717) is 12.2 Å². The topological polar surface area (TPSA) is 50.8 Å². The molecule has 1 amide bonds. The van der Waals surface area contributed by atoms with E-state index in [4.69, 9.17) is 9.47 Å². The average Bonchev–Trinajstić information content (AvgIpc) is 2.62. The molecule has 0 bridgehead atoms. The van der Waals surface area contributed by atoms with Crippen molar-refractivity contribution < 1.29 is 14.3 Å². The molecule has 1 fully saturated rings. The van der Waals surface area contributed by atoms with Crippen molar-refractivity contribution in [1.82, 2.24) is 0 Å². The van der Waals surface area contributed by atoms with Crippen LogP contribution in [0.2, 0.25) is 0 Å². The molecule has 0 atom stereocenters. The minimum absolute atomic E-state index is 0.0356. The third-order valence-corrected chi connectivity index (χ3v) is 4.43. The Morgan fingerprint density at radius 2 is 1.80 bits per heavy atom. The van der Waals surface area contributed by atoms with Gasteiger partial charge in [0, 0.05) is 23.5 Å². The molecule has 25 heavy (non-hydrogen) atoms. The van der Waals surface area contributed by atoms with Gasteiger partial charge in [-0.1, -0.05) is 0 Å². The molecular weight excluding hydrogens is 316 g/mol. The van der Waals surface area contributed by atoms with E-state index in [1.807, 2.05) is 24.3 Å². The number of carbonyl (C=O) groups is 1. The standard InChI is InChI=1S/C20H24N2O3/c1-20(2)14-25-13-12-22(20)17-8-6-16(7-9-17)21-19(23)15-4-10-18(24-3)11-5-15/h4-11H,12-14H2,1-3H3,(H,21,23). The number of morpholine rings is 1. The van der Waals surface area contributed by atoms with Crippen LogP contribution in [0.1, 0.15) is 24.2 Å². The van der Waals surface area contributed by atoms with Crippen molar-refractivity contribution in [2.45, 2.75) is 19.4 Å². The minimum atomic E-state index is -0.137. The largest absolute Gasteiger partial charge is 0.497 e. The van der Waals surface area contributed by atoms with E-state index in [1.165, 1.54) is 0 Å². The summed E-state index contributed by atoms with van der Waals surface area (Å²) >= 11 is 0. The normalized spacial score (nSPS) is 16.4. The number of benzene rings is 2.